The SMILES string of the molecule is Cc1ccc(C2OCCCC2C(=O)N2C[C@@H]3CCC[C@@]3(C(=O)O)C2)cc1. The zero-order chi connectivity index (χ0) is 18.3. The fourth-order valence-corrected chi connectivity index (χ4v) is 5.16. The Morgan fingerprint density at radius 2 is 1.96 bits per heavy atom. The van der Waals surface area contributed by atoms with Crippen molar-refractivity contribution in [1.29, 1.82) is 0 Å². The number of hydrogen-bond donors (Lipinski definition) is 1. The van der Waals surface area contributed by atoms with Gasteiger partial charge in [-0.05, 0) is 44.1 Å². The molecule has 0 aromatic heterocycles. The number of rotatable bonds is 3. The van der Waals surface area contributed by atoms with Crippen molar-refractivity contribution < 1.29 is 19.4 Å². The van der Waals surface area contributed by atoms with Gasteiger partial charge in [0.25, 0.3) is 0 Å². The van der Waals surface area contributed by atoms with Crippen LogP contribution in [0.4, 0.5) is 0 Å². The number of likely N-dealkylation sites (tertiary alicyclic amines) is 1. The van der Waals surface area contributed by atoms with Crippen LogP contribution >= 0.6 is 0 Å². The Morgan fingerprint density at radius 3 is 2.65 bits per heavy atom. The molecule has 0 spiro atoms. The van der Waals surface area contributed by atoms with Crippen LogP contribution in [0.3, 0.4) is 0 Å². The van der Waals surface area contributed by atoms with Gasteiger partial charge in [-0.25, -0.2) is 0 Å². The highest BCUT2D eigenvalue weighted by atomic mass is 16.5. The predicted molar refractivity (Wildman–Crippen MR) is 96.6 cm³/mol. The molecule has 3 aliphatic rings. The number of fused-ring (bicyclic) bond motifs is 1. The number of aliphatic carboxylic acids is 1. The van der Waals surface area contributed by atoms with Crippen LogP contribution in [0, 0.1) is 24.2 Å². The van der Waals surface area contributed by atoms with E-state index in [1.807, 2.05) is 24.0 Å². The second-order valence-corrected chi connectivity index (χ2v) is 8.22. The van der Waals surface area contributed by atoms with Gasteiger partial charge in [0.15, 0.2) is 0 Å². The number of carboxylic acids is 1. The lowest BCUT2D eigenvalue weighted by Crippen LogP contribution is -2.42. The Balaban J connectivity index is 1.55. The molecule has 2 saturated heterocycles. The summed E-state index contributed by atoms with van der Waals surface area (Å²) in [6.45, 7) is 3.66. The van der Waals surface area contributed by atoms with E-state index in [9.17, 15) is 14.7 Å². The first-order valence-corrected chi connectivity index (χ1v) is 9.71. The van der Waals surface area contributed by atoms with Gasteiger partial charge in [-0.3, -0.25) is 9.59 Å². The molecular formula is C21H27NO4. The molecule has 2 aliphatic heterocycles. The Hall–Kier alpha value is -1.88. The summed E-state index contributed by atoms with van der Waals surface area (Å²) in [5.74, 6) is -0.766. The molecule has 1 aromatic carbocycles. The minimum atomic E-state index is -0.731. The molecular weight excluding hydrogens is 330 g/mol. The van der Waals surface area contributed by atoms with Crippen LogP contribution in [0.25, 0.3) is 0 Å². The highest BCUT2D eigenvalue weighted by Gasteiger charge is 2.56. The topological polar surface area (TPSA) is 66.8 Å². The third-order valence-corrected chi connectivity index (χ3v) is 6.65. The van der Waals surface area contributed by atoms with Gasteiger partial charge in [0.05, 0.1) is 17.4 Å². The third kappa shape index (κ3) is 2.82. The smallest absolute Gasteiger partial charge is 0.311 e. The molecule has 3 fully saturated rings. The molecule has 1 amide bonds. The molecule has 0 bridgehead atoms. The van der Waals surface area contributed by atoms with Gasteiger partial charge < -0.3 is 14.7 Å². The number of nitrogens with zero attached hydrogens (tertiary/aromatic N) is 1. The maximum Gasteiger partial charge on any atom is 0.311 e. The van der Waals surface area contributed by atoms with E-state index in [1.165, 1.54) is 5.56 Å². The van der Waals surface area contributed by atoms with Crippen molar-refractivity contribution in [3.05, 3.63) is 35.4 Å². The number of hydrogen-bond acceptors (Lipinski definition) is 3. The highest BCUT2D eigenvalue weighted by molar-refractivity contribution is 5.83. The van der Waals surface area contributed by atoms with Gasteiger partial charge in [-0.1, -0.05) is 36.2 Å². The standard InChI is InChI=1S/C21H27NO4/c1-14-6-8-15(9-7-14)18-17(5-3-11-26-18)19(23)22-12-16-4-2-10-21(16,13-22)20(24)25/h6-9,16-18H,2-5,10-13H2,1H3,(H,24,25)/t16-,17?,18?,21+/m0/s1. The summed E-state index contributed by atoms with van der Waals surface area (Å²) in [5, 5.41) is 9.78. The van der Waals surface area contributed by atoms with Gasteiger partial charge in [0, 0.05) is 19.7 Å². The number of benzene rings is 1. The summed E-state index contributed by atoms with van der Waals surface area (Å²) in [6, 6.07) is 8.19. The van der Waals surface area contributed by atoms with Crippen LogP contribution in [0.5, 0.6) is 0 Å². The molecule has 26 heavy (non-hydrogen) atoms. The van der Waals surface area contributed by atoms with Crippen molar-refractivity contribution >= 4 is 11.9 Å². The van der Waals surface area contributed by atoms with Crippen LogP contribution in [0.1, 0.15) is 49.3 Å². The number of amides is 1. The Morgan fingerprint density at radius 1 is 1.19 bits per heavy atom. The first kappa shape index (κ1) is 17.5. The van der Waals surface area contributed by atoms with Crippen molar-refractivity contribution in [3.63, 3.8) is 0 Å². The fraction of sp³-hybridized carbons (Fsp3) is 0.619. The molecule has 4 rings (SSSR count). The first-order valence-electron chi connectivity index (χ1n) is 9.71. The molecule has 5 nitrogen and oxygen atoms in total. The predicted octanol–water partition coefficient (Wildman–Crippen LogP) is 3.18. The molecule has 5 heteroatoms. The number of carbonyl (C=O) groups excluding carboxylic acids is 1. The normalized spacial score (nSPS) is 33.9. The molecule has 0 radical (unpaired) electrons. The highest BCUT2D eigenvalue weighted by Crippen LogP contribution is 2.49. The average Bonchev–Trinajstić information content (AvgIpc) is 3.20. The lowest BCUT2D eigenvalue weighted by atomic mass is 9.81. The summed E-state index contributed by atoms with van der Waals surface area (Å²) in [7, 11) is 0. The van der Waals surface area contributed by atoms with Gasteiger partial charge in [-0.2, -0.15) is 0 Å². The van der Waals surface area contributed by atoms with E-state index in [4.69, 9.17) is 4.74 Å². The van der Waals surface area contributed by atoms with Gasteiger partial charge in [0.1, 0.15) is 0 Å². The van der Waals surface area contributed by atoms with Crippen LogP contribution in [-0.4, -0.2) is 41.6 Å². The van der Waals surface area contributed by atoms with E-state index >= 15 is 0 Å². The van der Waals surface area contributed by atoms with Crippen molar-refractivity contribution in [2.24, 2.45) is 17.3 Å². The second kappa shape index (κ2) is 6.69. The summed E-state index contributed by atoms with van der Waals surface area (Å²) in [6.07, 6.45) is 4.02. The quantitative estimate of drug-likeness (QED) is 0.902. The van der Waals surface area contributed by atoms with Gasteiger partial charge in [0.2, 0.25) is 5.91 Å². The van der Waals surface area contributed by atoms with Crippen LogP contribution in [-0.2, 0) is 14.3 Å². The fourth-order valence-electron chi connectivity index (χ4n) is 5.16. The van der Waals surface area contributed by atoms with Crippen LogP contribution in [0.15, 0.2) is 24.3 Å². The molecule has 1 aliphatic carbocycles. The van der Waals surface area contributed by atoms with Crippen molar-refractivity contribution in [3.8, 4) is 0 Å². The number of aryl methyl sites for hydroxylation is 1. The molecule has 2 unspecified atom stereocenters. The van der Waals surface area contributed by atoms with Crippen LogP contribution in [0.2, 0.25) is 0 Å². The maximum atomic E-state index is 13.3. The summed E-state index contributed by atoms with van der Waals surface area (Å²) in [5.41, 5.74) is 1.51. The second-order valence-electron chi connectivity index (χ2n) is 8.22. The van der Waals surface area contributed by atoms with Crippen molar-refractivity contribution in [2.45, 2.75) is 45.1 Å². The summed E-state index contributed by atoms with van der Waals surface area (Å²) < 4.78 is 6.00. The molecule has 4 atom stereocenters. The molecule has 2 heterocycles. The van der Waals surface area contributed by atoms with E-state index in [0.29, 0.717) is 26.1 Å². The summed E-state index contributed by atoms with van der Waals surface area (Å²) in [4.78, 5) is 27.0. The van der Waals surface area contributed by atoms with Crippen molar-refractivity contribution in [1.82, 2.24) is 4.90 Å². The summed E-state index contributed by atoms with van der Waals surface area (Å²) >= 11 is 0. The van der Waals surface area contributed by atoms with E-state index in [-0.39, 0.29) is 23.8 Å². The zero-order valence-corrected chi connectivity index (χ0v) is 15.3. The van der Waals surface area contributed by atoms with Crippen molar-refractivity contribution in [2.75, 3.05) is 19.7 Å². The Bertz CT molecular complexity index is 700. The van der Waals surface area contributed by atoms with Gasteiger partial charge >= 0.3 is 5.97 Å². The maximum absolute atomic E-state index is 13.3. The molecule has 140 valence electrons. The van der Waals surface area contributed by atoms with E-state index < -0.39 is 11.4 Å². The number of carboxylic acid groups (broad SMARTS) is 1. The largest absolute Gasteiger partial charge is 0.481 e. The van der Waals surface area contributed by atoms with Gasteiger partial charge in [-0.15, -0.1) is 0 Å². The van der Waals surface area contributed by atoms with Crippen LogP contribution < -0.4 is 0 Å². The minimum absolute atomic E-state index is 0.0744. The lowest BCUT2D eigenvalue weighted by Gasteiger charge is -2.34. The van der Waals surface area contributed by atoms with E-state index in [0.717, 1.165) is 31.2 Å². The number of ether oxygens (including phenoxy) is 1. The molecule has 1 saturated carbocycles. The lowest BCUT2D eigenvalue weighted by molar-refractivity contribution is -0.150. The van der Waals surface area contributed by atoms with E-state index in [1.54, 1.807) is 0 Å². The first-order chi connectivity index (χ1) is 12.5. The third-order valence-electron chi connectivity index (χ3n) is 6.65. The molecule has 1 N–H and O–H groups in total. The minimum Gasteiger partial charge on any atom is -0.481 e. The Kier molecular flexibility index (Phi) is 4.51. The molecule has 1 aromatic rings. The Labute approximate surface area is 154 Å². The average molecular weight is 357 g/mol. The zero-order valence-electron chi connectivity index (χ0n) is 15.3. The van der Waals surface area contributed by atoms with E-state index in [2.05, 4.69) is 12.1 Å². The monoisotopic (exact) mass is 357 g/mol. The number of carbonyl (C=O) groups is 2.